The summed E-state index contributed by atoms with van der Waals surface area (Å²) in [6.45, 7) is 0. The van der Waals surface area contributed by atoms with Gasteiger partial charge in [-0.2, -0.15) is 0 Å². The fourth-order valence-corrected chi connectivity index (χ4v) is 1.61. The fourth-order valence-electron chi connectivity index (χ4n) is 1.25. The van der Waals surface area contributed by atoms with Crippen LogP contribution < -0.4 is 29.6 Å². The van der Waals surface area contributed by atoms with Gasteiger partial charge in [-0.25, -0.2) is 0 Å². The number of rotatable bonds is 0. The van der Waals surface area contributed by atoms with Crippen molar-refractivity contribution in [3.05, 3.63) is 41.5 Å². The average molecular weight is 167 g/mol. The van der Waals surface area contributed by atoms with Crippen LogP contribution in [0, 0.1) is 0 Å². The molecule has 1 atom stereocenters. The second-order valence-electron chi connectivity index (χ2n) is 2.47. The van der Waals surface area contributed by atoms with Gasteiger partial charge in [0.2, 0.25) is 0 Å². The minimum Gasteiger partial charge on any atom is -1.00 e. The van der Waals surface area contributed by atoms with E-state index < -0.39 is 0 Å². The van der Waals surface area contributed by atoms with Crippen LogP contribution in [0.5, 0.6) is 0 Å². The van der Waals surface area contributed by atoms with Crippen LogP contribution in [0.3, 0.4) is 0 Å². The minimum absolute atomic E-state index is 0. The standard InChI is InChI=1S/C9H7Si.Na.H/c10-9-6-5-7-3-1-2-4-8(7)9;;/h1-6,9H;;/q;+1;-1. The quantitative estimate of drug-likeness (QED) is 0.437. The molecule has 49 valence electrons. The average Bonchev–Trinajstić information content (AvgIpc) is 2.34. The molecule has 0 saturated carbocycles. The molecular weight excluding hydrogens is 159 g/mol. The number of fused-ring (bicyclic) bond motifs is 1. The molecule has 0 heterocycles. The third-order valence-electron chi connectivity index (χ3n) is 1.80. The molecule has 0 saturated heterocycles. The van der Waals surface area contributed by atoms with Crippen LogP contribution in [-0.4, -0.2) is 10.2 Å². The van der Waals surface area contributed by atoms with Gasteiger partial charge in [0.15, 0.2) is 0 Å². The Morgan fingerprint density at radius 2 is 2.00 bits per heavy atom. The summed E-state index contributed by atoms with van der Waals surface area (Å²) in [6.07, 6.45) is 4.30. The summed E-state index contributed by atoms with van der Waals surface area (Å²) in [5.74, 6) is 0. The molecule has 1 aliphatic rings. The molecule has 1 aromatic rings. The maximum Gasteiger partial charge on any atom is 1.00 e. The van der Waals surface area contributed by atoms with Crippen LogP contribution in [0.2, 0.25) is 0 Å². The first-order chi connectivity index (χ1) is 4.88. The Hall–Kier alpha value is 0.177. The second-order valence-corrected chi connectivity index (χ2v) is 3.09. The van der Waals surface area contributed by atoms with Crippen LogP contribution in [0.4, 0.5) is 0 Å². The Kier molecular flexibility index (Phi) is 3.13. The van der Waals surface area contributed by atoms with Crippen LogP contribution in [0.15, 0.2) is 30.3 Å². The minimum atomic E-state index is 0. The molecule has 3 radical (unpaired) electrons. The predicted molar refractivity (Wildman–Crippen MR) is 45.1 cm³/mol. The number of allylic oxidation sites excluding steroid dienone is 1. The van der Waals surface area contributed by atoms with Gasteiger partial charge in [-0.15, -0.1) is 0 Å². The van der Waals surface area contributed by atoms with Crippen molar-refractivity contribution in [2.45, 2.75) is 5.54 Å². The molecule has 0 bridgehead atoms. The van der Waals surface area contributed by atoms with E-state index in [4.69, 9.17) is 0 Å². The van der Waals surface area contributed by atoms with Crippen molar-refractivity contribution in [2.24, 2.45) is 0 Å². The van der Waals surface area contributed by atoms with E-state index in [2.05, 4.69) is 46.7 Å². The van der Waals surface area contributed by atoms with Crippen molar-refractivity contribution in [3.8, 4) is 0 Å². The summed E-state index contributed by atoms with van der Waals surface area (Å²) >= 11 is 0. The molecule has 0 aromatic heterocycles. The summed E-state index contributed by atoms with van der Waals surface area (Å²) < 4.78 is 0. The summed E-state index contributed by atoms with van der Waals surface area (Å²) in [5.41, 5.74) is 3.14. The SMILES string of the molecule is [H-].[Na+].[Si]C1C=Cc2ccccc21. The van der Waals surface area contributed by atoms with Crippen LogP contribution in [0.25, 0.3) is 6.08 Å². The third kappa shape index (κ3) is 1.67. The molecular formula is C9H8NaSi. The van der Waals surface area contributed by atoms with E-state index in [0.29, 0.717) is 5.54 Å². The summed E-state index contributed by atoms with van der Waals surface area (Å²) in [5, 5.41) is 0. The van der Waals surface area contributed by atoms with Crippen LogP contribution in [0.1, 0.15) is 18.1 Å². The summed E-state index contributed by atoms with van der Waals surface area (Å²) in [7, 11) is 3.60. The molecule has 0 aliphatic heterocycles. The van der Waals surface area contributed by atoms with Crippen molar-refractivity contribution >= 4 is 16.3 Å². The number of benzene rings is 1. The monoisotopic (exact) mass is 167 g/mol. The van der Waals surface area contributed by atoms with Crippen LogP contribution >= 0.6 is 0 Å². The van der Waals surface area contributed by atoms with Crippen molar-refractivity contribution in [1.82, 2.24) is 0 Å². The Bertz CT molecular complexity index is 286. The van der Waals surface area contributed by atoms with E-state index in [1.165, 1.54) is 11.1 Å². The van der Waals surface area contributed by atoms with Gasteiger partial charge >= 0.3 is 29.6 Å². The number of hydrogen-bond acceptors (Lipinski definition) is 0. The van der Waals surface area contributed by atoms with E-state index in [1.54, 1.807) is 0 Å². The van der Waals surface area contributed by atoms with Gasteiger partial charge in [0, 0.05) is 10.2 Å². The molecule has 1 aliphatic carbocycles. The second kappa shape index (κ2) is 3.72. The largest absolute Gasteiger partial charge is 1.00 e. The first-order valence-corrected chi connectivity index (χ1v) is 3.94. The Morgan fingerprint density at radius 3 is 2.73 bits per heavy atom. The van der Waals surface area contributed by atoms with E-state index in [9.17, 15) is 0 Å². The molecule has 1 unspecified atom stereocenters. The zero-order valence-corrected chi connectivity index (χ0v) is 9.54. The number of hydrogen-bond donors (Lipinski definition) is 0. The molecule has 2 rings (SSSR count). The molecule has 1 aromatic carbocycles. The third-order valence-corrected chi connectivity index (χ3v) is 2.30. The van der Waals surface area contributed by atoms with Gasteiger partial charge in [0.1, 0.15) is 0 Å². The normalized spacial score (nSPS) is 19.2. The molecule has 0 N–H and O–H groups in total. The van der Waals surface area contributed by atoms with Gasteiger partial charge in [-0.05, 0) is 16.7 Å². The van der Waals surface area contributed by atoms with Gasteiger partial charge in [0.25, 0.3) is 0 Å². The van der Waals surface area contributed by atoms with E-state index >= 15 is 0 Å². The maximum absolute atomic E-state index is 3.60. The van der Waals surface area contributed by atoms with Crippen molar-refractivity contribution in [3.63, 3.8) is 0 Å². The summed E-state index contributed by atoms with van der Waals surface area (Å²) in [4.78, 5) is 0. The maximum atomic E-state index is 3.60. The van der Waals surface area contributed by atoms with Gasteiger partial charge in [0.05, 0.1) is 0 Å². The van der Waals surface area contributed by atoms with E-state index in [1.807, 2.05) is 0 Å². The van der Waals surface area contributed by atoms with E-state index in [0.717, 1.165) is 0 Å². The Morgan fingerprint density at radius 1 is 1.27 bits per heavy atom. The van der Waals surface area contributed by atoms with Gasteiger partial charge in [-0.1, -0.05) is 36.4 Å². The van der Waals surface area contributed by atoms with Crippen molar-refractivity contribution < 1.29 is 31.0 Å². The molecule has 0 nitrogen and oxygen atoms in total. The topological polar surface area (TPSA) is 0 Å². The fraction of sp³-hybridized carbons (Fsp3) is 0.111. The zero-order valence-electron chi connectivity index (χ0n) is 7.54. The summed E-state index contributed by atoms with van der Waals surface area (Å²) in [6, 6.07) is 8.41. The molecule has 11 heavy (non-hydrogen) atoms. The van der Waals surface area contributed by atoms with Gasteiger partial charge in [-0.3, -0.25) is 0 Å². The predicted octanol–water partition coefficient (Wildman–Crippen LogP) is -0.960. The van der Waals surface area contributed by atoms with Crippen molar-refractivity contribution in [1.29, 1.82) is 0 Å². The van der Waals surface area contributed by atoms with E-state index in [-0.39, 0.29) is 31.0 Å². The van der Waals surface area contributed by atoms with Gasteiger partial charge < -0.3 is 1.43 Å². The smallest absolute Gasteiger partial charge is 1.00 e. The van der Waals surface area contributed by atoms with Crippen LogP contribution in [-0.2, 0) is 0 Å². The zero-order chi connectivity index (χ0) is 6.97. The molecule has 0 amide bonds. The van der Waals surface area contributed by atoms with Crippen molar-refractivity contribution in [2.75, 3.05) is 0 Å². The molecule has 0 spiro atoms. The molecule has 2 heteroatoms. The first kappa shape index (κ1) is 9.27. The Balaban J connectivity index is 0.000000605. The Labute approximate surface area is 93.9 Å². The molecule has 0 fully saturated rings. The first-order valence-electron chi connectivity index (χ1n) is 3.36.